The number of amides is 2. The second-order valence-corrected chi connectivity index (χ2v) is 9.36. The number of phenolic OH excluding ortho intramolecular Hbond substituents is 1. The zero-order valence-corrected chi connectivity index (χ0v) is 21.9. The molecule has 0 saturated carbocycles. The number of halogens is 2. The number of carbonyl (C=O) groups is 2. The molecule has 4 rings (SSSR count). The highest BCUT2D eigenvalue weighted by Gasteiger charge is 2.37. The van der Waals surface area contributed by atoms with Crippen molar-refractivity contribution in [1.82, 2.24) is 5.32 Å². The molecule has 9 heteroatoms. The third-order valence-corrected chi connectivity index (χ3v) is 6.49. The van der Waals surface area contributed by atoms with Crippen molar-refractivity contribution in [2.24, 2.45) is 0 Å². The van der Waals surface area contributed by atoms with Crippen molar-refractivity contribution >= 4 is 46.4 Å². The molecular formula is C28H25Cl2N3O4. The summed E-state index contributed by atoms with van der Waals surface area (Å²) in [5.41, 5.74) is 3.56. The summed E-state index contributed by atoms with van der Waals surface area (Å²) in [6.45, 7) is 3.55. The molecule has 1 aliphatic heterocycles. The van der Waals surface area contributed by atoms with E-state index >= 15 is 0 Å². The van der Waals surface area contributed by atoms with Gasteiger partial charge in [0, 0.05) is 49.9 Å². The quantitative estimate of drug-likeness (QED) is 0.299. The third-order valence-electron chi connectivity index (χ3n) is 5.99. The van der Waals surface area contributed by atoms with Crippen LogP contribution in [-0.2, 0) is 9.59 Å². The fraction of sp³-hybridized carbons (Fsp3) is 0.143. The van der Waals surface area contributed by atoms with Crippen molar-refractivity contribution in [1.29, 1.82) is 0 Å². The number of anilines is 2. The van der Waals surface area contributed by atoms with Crippen LogP contribution in [0.15, 0.2) is 89.3 Å². The van der Waals surface area contributed by atoms with Crippen molar-refractivity contribution in [2.45, 2.75) is 19.8 Å². The Labute approximate surface area is 224 Å². The van der Waals surface area contributed by atoms with Gasteiger partial charge in [-0.1, -0.05) is 29.3 Å². The highest BCUT2D eigenvalue weighted by atomic mass is 35.5. The van der Waals surface area contributed by atoms with Gasteiger partial charge in [0.15, 0.2) is 11.5 Å². The Morgan fingerprint density at radius 1 is 0.811 bits per heavy atom. The van der Waals surface area contributed by atoms with E-state index in [2.05, 4.69) is 16.0 Å². The summed E-state index contributed by atoms with van der Waals surface area (Å²) in [5, 5.41) is 20.2. The first-order valence-corrected chi connectivity index (χ1v) is 12.1. The Kier molecular flexibility index (Phi) is 7.76. The van der Waals surface area contributed by atoms with E-state index in [9.17, 15) is 14.7 Å². The maximum Gasteiger partial charge on any atom is 0.254 e. The predicted molar refractivity (Wildman–Crippen MR) is 146 cm³/mol. The summed E-state index contributed by atoms with van der Waals surface area (Å²) < 4.78 is 5.31. The van der Waals surface area contributed by atoms with Crippen molar-refractivity contribution in [3.05, 3.63) is 105 Å². The van der Waals surface area contributed by atoms with E-state index in [1.54, 1.807) is 74.5 Å². The first-order chi connectivity index (χ1) is 17.7. The zero-order chi connectivity index (χ0) is 26.7. The van der Waals surface area contributed by atoms with Gasteiger partial charge in [0.2, 0.25) is 0 Å². The number of ether oxygens (including phenoxy) is 1. The van der Waals surface area contributed by atoms with Gasteiger partial charge in [0.25, 0.3) is 11.8 Å². The number of hydrogen-bond donors (Lipinski definition) is 4. The molecule has 0 radical (unpaired) electrons. The molecule has 1 heterocycles. The molecule has 3 aromatic rings. The van der Waals surface area contributed by atoms with Gasteiger partial charge < -0.3 is 25.8 Å². The van der Waals surface area contributed by atoms with Crippen LogP contribution in [0.1, 0.15) is 25.3 Å². The smallest absolute Gasteiger partial charge is 0.254 e. The fourth-order valence-corrected chi connectivity index (χ4v) is 4.52. The van der Waals surface area contributed by atoms with Crippen LogP contribution in [0.5, 0.6) is 11.5 Å². The average molecular weight is 538 g/mol. The summed E-state index contributed by atoms with van der Waals surface area (Å²) in [6, 6.07) is 18.2. The van der Waals surface area contributed by atoms with Gasteiger partial charge in [-0.05, 0) is 80.1 Å². The van der Waals surface area contributed by atoms with E-state index in [0.717, 1.165) is 0 Å². The molecule has 0 unspecified atom stereocenters. The highest BCUT2D eigenvalue weighted by Crippen LogP contribution is 2.41. The molecule has 37 heavy (non-hydrogen) atoms. The monoisotopic (exact) mass is 537 g/mol. The van der Waals surface area contributed by atoms with Crippen LogP contribution in [0.25, 0.3) is 0 Å². The standard InChI is InChI=1S/C28H25Cl2N3O4/c1-15-24(27(35)32-20-9-5-18(29)6-10-20)26(17-4-13-22(34)23(14-17)37-3)25(16(2)31-15)28(36)33-21-11-7-19(30)8-12-21/h4-14,26,31,34H,1-3H3,(H,32,35)(H,33,36). The molecular weight excluding hydrogens is 513 g/mol. The molecule has 190 valence electrons. The molecule has 0 saturated heterocycles. The predicted octanol–water partition coefficient (Wildman–Crippen LogP) is 6.22. The van der Waals surface area contributed by atoms with Crippen LogP contribution in [0.2, 0.25) is 10.0 Å². The summed E-state index contributed by atoms with van der Waals surface area (Å²) in [7, 11) is 1.44. The van der Waals surface area contributed by atoms with E-state index in [-0.39, 0.29) is 11.5 Å². The first kappa shape index (κ1) is 26.1. The lowest BCUT2D eigenvalue weighted by Crippen LogP contribution is -2.35. The molecule has 0 spiro atoms. The summed E-state index contributed by atoms with van der Waals surface area (Å²) >= 11 is 12.0. The number of phenols is 1. The van der Waals surface area contributed by atoms with Gasteiger partial charge >= 0.3 is 0 Å². The molecule has 0 fully saturated rings. The van der Waals surface area contributed by atoms with E-state index in [1.165, 1.54) is 13.2 Å². The molecule has 0 aliphatic carbocycles. The number of rotatable bonds is 6. The van der Waals surface area contributed by atoms with Gasteiger partial charge in [-0.25, -0.2) is 0 Å². The topological polar surface area (TPSA) is 99.7 Å². The van der Waals surface area contributed by atoms with Gasteiger partial charge in [-0.2, -0.15) is 0 Å². The summed E-state index contributed by atoms with van der Waals surface area (Å²) in [6.07, 6.45) is 0. The maximum absolute atomic E-state index is 13.6. The number of nitrogens with one attached hydrogen (secondary N) is 3. The minimum absolute atomic E-state index is 0.0547. The SMILES string of the molecule is COc1cc(C2C(C(=O)Nc3ccc(Cl)cc3)=C(C)NC(C)=C2C(=O)Nc2ccc(Cl)cc2)ccc1O. The number of benzene rings is 3. The molecule has 4 N–H and O–H groups in total. The van der Waals surface area contributed by atoms with Crippen molar-refractivity contribution in [2.75, 3.05) is 17.7 Å². The Balaban J connectivity index is 1.79. The molecule has 0 aromatic heterocycles. The zero-order valence-electron chi connectivity index (χ0n) is 20.4. The van der Waals surface area contributed by atoms with Gasteiger partial charge in [-0.15, -0.1) is 0 Å². The summed E-state index contributed by atoms with van der Waals surface area (Å²) in [5.74, 6) is -1.39. The second-order valence-electron chi connectivity index (χ2n) is 8.49. The largest absolute Gasteiger partial charge is 0.504 e. The molecule has 0 atom stereocenters. The van der Waals surface area contributed by atoms with Crippen LogP contribution in [0.3, 0.4) is 0 Å². The van der Waals surface area contributed by atoms with Gasteiger partial charge in [-0.3, -0.25) is 9.59 Å². The lowest BCUT2D eigenvalue weighted by atomic mass is 9.79. The van der Waals surface area contributed by atoms with Crippen LogP contribution in [-0.4, -0.2) is 24.0 Å². The summed E-state index contributed by atoms with van der Waals surface area (Å²) in [4.78, 5) is 27.3. The van der Waals surface area contributed by atoms with Gasteiger partial charge in [0.05, 0.1) is 7.11 Å². The number of aromatic hydroxyl groups is 1. The molecule has 3 aromatic carbocycles. The van der Waals surface area contributed by atoms with Crippen molar-refractivity contribution in [3.8, 4) is 11.5 Å². The molecule has 0 bridgehead atoms. The second kappa shape index (κ2) is 11.0. The Morgan fingerprint density at radius 2 is 1.27 bits per heavy atom. The minimum atomic E-state index is -0.768. The normalized spacial score (nSPS) is 13.8. The van der Waals surface area contributed by atoms with Crippen molar-refractivity contribution < 1.29 is 19.4 Å². The number of methoxy groups -OCH3 is 1. The number of carbonyl (C=O) groups excluding carboxylic acids is 2. The molecule has 2 amide bonds. The Morgan fingerprint density at radius 3 is 1.70 bits per heavy atom. The van der Waals surface area contributed by atoms with E-state index in [1.807, 2.05) is 0 Å². The number of allylic oxidation sites excluding steroid dienone is 2. The Bertz CT molecular complexity index is 1330. The highest BCUT2D eigenvalue weighted by molar-refractivity contribution is 6.31. The van der Waals surface area contributed by atoms with E-state index in [0.29, 0.717) is 49.5 Å². The first-order valence-electron chi connectivity index (χ1n) is 11.4. The third kappa shape index (κ3) is 5.74. The minimum Gasteiger partial charge on any atom is -0.504 e. The lowest BCUT2D eigenvalue weighted by Gasteiger charge is -2.31. The van der Waals surface area contributed by atoms with Crippen LogP contribution in [0, 0.1) is 0 Å². The van der Waals surface area contributed by atoms with E-state index in [4.69, 9.17) is 27.9 Å². The number of hydrogen-bond acceptors (Lipinski definition) is 5. The lowest BCUT2D eigenvalue weighted by molar-refractivity contribution is -0.113. The Hall–Kier alpha value is -3.94. The fourth-order valence-electron chi connectivity index (χ4n) is 4.27. The molecule has 7 nitrogen and oxygen atoms in total. The van der Waals surface area contributed by atoms with Crippen LogP contribution in [0.4, 0.5) is 11.4 Å². The van der Waals surface area contributed by atoms with E-state index < -0.39 is 17.7 Å². The molecule has 1 aliphatic rings. The van der Waals surface area contributed by atoms with Crippen molar-refractivity contribution in [3.63, 3.8) is 0 Å². The van der Waals surface area contributed by atoms with Gasteiger partial charge in [0.1, 0.15) is 0 Å². The average Bonchev–Trinajstić information content (AvgIpc) is 2.86. The maximum atomic E-state index is 13.6. The van der Waals surface area contributed by atoms with Crippen LogP contribution >= 0.6 is 23.2 Å². The van der Waals surface area contributed by atoms with Crippen LogP contribution < -0.4 is 20.7 Å². The number of dihydropyridines is 1.